The van der Waals surface area contributed by atoms with Crippen LogP contribution in [0.1, 0.15) is 50.5 Å². The van der Waals surface area contributed by atoms with Crippen molar-refractivity contribution in [2.24, 2.45) is 5.92 Å². The first-order chi connectivity index (χ1) is 8.40. The van der Waals surface area contributed by atoms with Gasteiger partial charge in [-0.3, -0.25) is 0 Å². The van der Waals surface area contributed by atoms with Gasteiger partial charge in [0, 0.05) is 24.0 Å². The molecule has 1 aromatic rings. The highest BCUT2D eigenvalue weighted by Crippen LogP contribution is 2.27. The molecule has 0 aliphatic heterocycles. The number of thiazole rings is 1. The van der Waals surface area contributed by atoms with Crippen LogP contribution in [0, 0.1) is 5.92 Å². The van der Waals surface area contributed by atoms with Crippen LogP contribution < -0.4 is 5.32 Å². The Bertz CT molecular complexity index is 297. The van der Waals surface area contributed by atoms with E-state index in [1.165, 1.54) is 56.5 Å². The van der Waals surface area contributed by atoms with Gasteiger partial charge < -0.3 is 5.32 Å². The van der Waals surface area contributed by atoms with Crippen molar-refractivity contribution in [1.29, 1.82) is 0 Å². The number of nitrogens with zero attached hydrogens (tertiary/aromatic N) is 1. The molecule has 1 aliphatic carbocycles. The molecule has 0 radical (unpaired) electrons. The van der Waals surface area contributed by atoms with E-state index in [0.29, 0.717) is 0 Å². The molecule has 0 bridgehead atoms. The summed E-state index contributed by atoms with van der Waals surface area (Å²) >= 11 is 1.81. The molecule has 0 spiro atoms. The molecular formula is C14H24N2S. The summed E-state index contributed by atoms with van der Waals surface area (Å²) in [7, 11) is 0. The molecule has 0 saturated heterocycles. The first-order valence-corrected chi connectivity index (χ1v) is 7.90. The number of nitrogens with one attached hydrogen (secondary N) is 1. The van der Waals surface area contributed by atoms with Crippen LogP contribution in [0.25, 0.3) is 0 Å². The third-order valence-corrected chi connectivity index (χ3v) is 4.54. The number of rotatable bonds is 5. The van der Waals surface area contributed by atoms with Crippen LogP contribution in [0.3, 0.4) is 0 Å². The Morgan fingerprint density at radius 1 is 1.35 bits per heavy atom. The molecule has 96 valence electrons. The number of aromatic nitrogens is 1. The molecule has 2 atom stereocenters. The van der Waals surface area contributed by atoms with E-state index in [1.807, 2.05) is 17.5 Å². The molecule has 0 amide bonds. The van der Waals surface area contributed by atoms with E-state index in [0.717, 1.165) is 12.0 Å². The van der Waals surface area contributed by atoms with Crippen LogP contribution in [0.2, 0.25) is 0 Å². The average Bonchev–Trinajstić information content (AvgIpc) is 2.74. The van der Waals surface area contributed by atoms with Crippen LogP contribution in [0.4, 0.5) is 0 Å². The topological polar surface area (TPSA) is 24.9 Å². The van der Waals surface area contributed by atoms with Crippen molar-refractivity contribution in [3.63, 3.8) is 0 Å². The Morgan fingerprint density at radius 3 is 3.00 bits per heavy atom. The first kappa shape index (κ1) is 13.0. The second-order valence-corrected chi connectivity index (χ2v) is 6.07. The zero-order chi connectivity index (χ0) is 11.9. The lowest BCUT2D eigenvalue weighted by Crippen LogP contribution is -2.37. The Labute approximate surface area is 109 Å². The molecular weight excluding hydrogens is 228 g/mol. The smallest absolute Gasteiger partial charge is 0.0928 e. The number of hydrogen-bond donors (Lipinski definition) is 1. The van der Waals surface area contributed by atoms with Gasteiger partial charge in [0.1, 0.15) is 0 Å². The van der Waals surface area contributed by atoms with Gasteiger partial charge in [-0.05, 0) is 31.7 Å². The van der Waals surface area contributed by atoms with Crippen molar-refractivity contribution < 1.29 is 0 Å². The second-order valence-electron chi connectivity index (χ2n) is 5.09. The summed E-state index contributed by atoms with van der Waals surface area (Å²) in [6.07, 6.45) is 11.3. The van der Waals surface area contributed by atoms with E-state index in [1.54, 1.807) is 0 Å². The summed E-state index contributed by atoms with van der Waals surface area (Å²) in [5.74, 6) is 0.801. The Balaban J connectivity index is 1.93. The maximum atomic E-state index is 4.45. The molecule has 1 saturated carbocycles. The lowest BCUT2D eigenvalue weighted by atomic mass is 9.91. The summed E-state index contributed by atoms with van der Waals surface area (Å²) in [6.45, 7) is 3.42. The maximum absolute atomic E-state index is 4.45. The molecule has 3 heteroatoms. The van der Waals surface area contributed by atoms with Crippen LogP contribution >= 0.6 is 11.3 Å². The summed E-state index contributed by atoms with van der Waals surface area (Å²) in [5.41, 5.74) is 0. The average molecular weight is 252 g/mol. The molecule has 1 fully saturated rings. The zero-order valence-corrected chi connectivity index (χ0v) is 11.6. The van der Waals surface area contributed by atoms with Gasteiger partial charge in [-0.1, -0.05) is 26.2 Å². The molecule has 2 unspecified atom stereocenters. The second kappa shape index (κ2) is 7.12. The highest BCUT2D eigenvalue weighted by atomic mass is 32.1. The standard InChI is InChI=1S/C14H24N2S/c1-2-8-15-13-7-5-3-4-6-12(13)11-14-16-9-10-17-14/h9-10,12-13,15H,2-8,11H2,1H3. The van der Waals surface area contributed by atoms with Crippen molar-refractivity contribution in [1.82, 2.24) is 10.3 Å². The van der Waals surface area contributed by atoms with Crippen LogP contribution in [0.5, 0.6) is 0 Å². The predicted molar refractivity (Wildman–Crippen MR) is 74.5 cm³/mol. The largest absolute Gasteiger partial charge is 0.314 e. The van der Waals surface area contributed by atoms with Crippen molar-refractivity contribution in [3.8, 4) is 0 Å². The molecule has 2 rings (SSSR count). The van der Waals surface area contributed by atoms with Gasteiger partial charge in [-0.2, -0.15) is 0 Å². The lowest BCUT2D eigenvalue weighted by Gasteiger charge is -2.25. The van der Waals surface area contributed by atoms with Crippen LogP contribution in [-0.4, -0.2) is 17.6 Å². The summed E-state index contributed by atoms with van der Waals surface area (Å²) < 4.78 is 0. The lowest BCUT2D eigenvalue weighted by molar-refractivity contribution is 0.332. The minimum Gasteiger partial charge on any atom is -0.314 e. The van der Waals surface area contributed by atoms with E-state index >= 15 is 0 Å². The third-order valence-electron chi connectivity index (χ3n) is 3.74. The first-order valence-electron chi connectivity index (χ1n) is 7.02. The Hall–Kier alpha value is -0.410. The van der Waals surface area contributed by atoms with Crippen molar-refractivity contribution in [3.05, 3.63) is 16.6 Å². The van der Waals surface area contributed by atoms with Crippen LogP contribution in [-0.2, 0) is 6.42 Å². The monoisotopic (exact) mass is 252 g/mol. The quantitative estimate of drug-likeness (QED) is 0.809. The van der Waals surface area contributed by atoms with Gasteiger partial charge >= 0.3 is 0 Å². The van der Waals surface area contributed by atoms with E-state index in [2.05, 4.69) is 22.6 Å². The molecule has 2 nitrogen and oxygen atoms in total. The highest BCUT2D eigenvalue weighted by Gasteiger charge is 2.23. The normalized spacial score (nSPS) is 25.7. The Morgan fingerprint density at radius 2 is 2.24 bits per heavy atom. The molecule has 1 aromatic heterocycles. The van der Waals surface area contributed by atoms with Gasteiger partial charge in [0.2, 0.25) is 0 Å². The minimum absolute atomic E-state index is 0.723. The molecule has 1 heterocycles. The maximum Gasteiger partial charge on any atom is 0.0928 e. The van der Waals surface area contributed by atoms with E-state index < -0.39 is 0 Å². The fraction of sp³-hybridized carbons (Fsp3) is 0.786. The van der Waals surface area contributed by atoms with Gasteiger partial charge in [-0.25, -0.2) is 4.98 Å². The van der Waals surface area contributed by atoms with Gasteiger partial charge in [0.05, 0.1) is 5.01 Å². The number of hydrogen-bond acceptors (Lipinski definition) is 3. The minimum atomic E-state index is 0.723. The van der Waals surface area contributed by atoms with E-state index in [4.69, 9.17) is 0 Å². The molecule has 0 aromatic carbocycles. The zero-order valence-electron chi connectivity index (χ0n) is 10.8. The molecule has 1 aliphatic rings. The summed E-state index contributed by atoms with van der Waals surface area (Å²) in [6, 6.07) is 0.723. The summed E-state index contributed by atoms with van der Waals surface area (Å²) in [4.78, 5) is 4.45. The fourth-order valence-corrected chi connectivity index (χ4v) is 3.52. The highest BCUT2D eigenvalue weighted by molar-refractivity contribution is 7.09. The fourth-order valence-electron chi connectivity index (χ4n) is 2.81. The SMILES string of the molecule is CCCNC1CCCCCC1Cc1nccs1. The van der Waals surface area contributed by atoms with Crippen molar-refractivity contribution >= 4 is 11.3 Å². The molecule has 1 N–H and O–H groups in total. The van der Waals surface area contributed by atoms with Gasteiger partial charge in [0.15, 0.2) is 0 Å². The van der Waals surface area contributed by atoms with E-state index in [9.17, 15) is 0 Å². The van der Waals surface area contributed by atoms with Gasteiger partial charge in [0.25, 0.3) is 0 Å². The Kier molecular flexibility index (Phi) is 5.46. The van der Waals surface area contributed by atoms with Gasteiger partial charge in [-0.15, -0.1) is 11.3 Å². The predicted octanol–water partition coefficient (Wildman–Crippen LogP) is 3.63. The van der Waals surface area contributed by atoms with E-state index in [-0.39, 0.29) is 0 Å². The molecule has 17 heavy (non-hydrogen) atoms. The summed E-state index contributed by atoms with van der Waals surface area (Å²) in [5, 5.41) is 7.17. The third kappa shape index (κ3) is 4.07. The van der Waals surface area contributed by atoms with Crippen molar-refractivity contribution in [2.75, 3.05) is 6.54 Å². The van der Waals surface area contributed by atoms with Crippen molar-refractivity contribution in [2.45, 2.75) is 57.9 Å². The van der Waals surface area contributed by atoms with Crippen LogP contribution in [0.15, 0.2) is 11.6 Å².